The lowest BCUT2D eigenvalue weighted by atomic mass is 10.3. The van der Waals surface area contributed by atoms with E-state index in [1.54, 1.807) is 0 Å². The summed E-state index contributed by atoms with van der Waals surface area (Å²) in [6.07, 6.45) is 0. The molecule has 0 spiro atoms. The summed E-state index contributed by atoms with van der Waals surface area (Å²) >= 11 is 4.69. The Hall–Kier alpha value is -1.27. The Bertz CT molecular complexity index is 518. The van der Waals surface area contributed by atoms with Crippen molar-refractivity contribution in [3.63, 3.8) is 0 Å². The second-order valence-corrected chi connectivity index (χ2v) is 5.04. The van der Waals surface area contributed by atoms with Gasteiger partial charge in [0.2, 0.25) is 0 Å². The molecular formula is C10H9BrN4S. The maximum absolute atomic E-state index is 5.57. The number of nitrogens with zero attached hydrogens (tertiary/aromatic N) is 3. The topological polar surface area (TPSA) is 63.6 Å². The summed E-state index contributed by atoms with van der Waals surface area (Å²) in [5.74, 6) is 0. The fourth-order valence-electron chi connectivity index (χ4n) is 1.11. The minimum atomic E-state index is 0.516. The molecule has 0 saturated carbocycles. The summed E-state index contributed by atoms with van der Waals surface area (Å²) in [5, 5.41) is 9.49. The molecule has 0 fully saturated rings. The van der Waals surface area contributed by atoms with Crippen LogP contribution in [0.25, 0.3) is 0 Å². The quantitative estimate of drug-likeness (QED) is 0.844. The number of anilines is 1. The number of benzene rings is 1. The lowest BCUT2D eigenvalue weighted by molar-refractivity contribution is 1.19. The van der Waals surface area contributed by atoms with Crippen LogP contribution in [-0.4, -0.2) is 4.98 Å². The van der Waals surface area contributed by atoms with Gasteiger partial charge in [-0.1, -0.05) is 27.3 Å². The van der Waals surface area contributed by atoms with E-state index in [1.807, 2.05) is 31.2 Å². The third-order valence-corrected chi connectivity index (χ3v) is 3.27. The Kier molecular flexibility index (Phi) is 3.31. The highest BCUT2D eigenvalue weighted by atomic mass is 79.9. The van der Waals surface area contributed by atoms with E-state index in [0.29, 0.717) is 5.13 Å². The summed E-state index contributed by atoms with van der Waals surface area (Å²) < 4.78 is 1.02. The summed E-state index contributed by atoms with van der Waals surface area (Å²) in [6, 6.07) is 7.60. The van der Waals surface area contributed by atoms with E-state index in [2.05, 4.69) is 31.1 Å². The van der Waals surface area contributed by atoms with Gasteiger partial charge < -0.3 is 5.73 Å². The summed E-state index contributed by atoms with van der Waals surface area (Å²) in [7, 11) is 0. The normalized spacial score (nSPS) is 11.1. The highest BCUT2D eigenvalue weighted by Gasteiger charge is 2.03. The number of nitrogens with two attached hydrogens (primary N) is 1. The Labute approximate surface area is 105 Å². The molecule has 82 valence electrons. The molecular weight excluding hydrogens is 288 g/mol. The maximum Gasteiger partial charge on any atom is 0.182 e. The molecule has 4 nitrogen and oxygen atoms in total. The van der Waals surface area contributed by atoms with Crippen molar-refractivity contribution in [1.82, 2.24) is 4.98 Å². The second-order valence-electron chi connectivity index (χ2n) is 3.12. The van der Waals surface area contributed by atoms with Crippen LogP contribution in [0.15, 0.2) is 39.0 Å². The number of hydrogen-bond donors (Lipinski definition) is 1. The van der Waals surface area contributed by atoms with Crippen LogP contribution in [0.5, 0.6) is 0 Å². The zero-order valence-electron chi connectivity index (χ0n) is 8.51. The van der Waals surface area contributed by atoms with E-state index in [1.165, 1.54) is 11.3 Å². The first-order valence-corrected chi connectivity index (χ1v) is 6.16. The first kappa shape index (κ1) is 11.2. The van der Waals surface area contributed by atoms with Crippen molar-refractivity contribution in [2.24, 2.45) is 10.2 Å². The van der Waals surface area contributed by atoms with Gasteiger partial charge in [0, 0.05) is 4.47 Å². The number of azo groups is 1. The number of aryl methyl sites for hydroxylation is 1. The van der Waals surface area contributed by atoms with Crippen LogP contribution in [-0.2, 0) is 0 Å². The van der Waals surface area contributed by atoms with E-state index < -0.39 is 0 Å². The van der Waals surface area contributed by atoms with Crippen LogP contribution in [0, 0.1) is 6.92 Å². The van der Waals surface area contributed by atoms with Gasteiger partial charge in [-0.25, -0.2) is 4.98 Å². The Morgan fingerprint density at radius 3 is 2.50 bits per heavy atom. The van der Waals surface area contributed by atoms with Gasteiger partial charge in [0.1, 0.15) is 0 Å². The van der Waals surface area contributed by atoms with Crippen molar-refractivity contribution in [2.75, 3.05) is 5.73 Å². The molecule has 0 aliphatic carbocycles. The molecule has 0 unspecified atom stereocenters. The Morgan fingerprint density at radius 1 is 1.25 bits per heavy atom. The first-order chi connectivity index (χ1) is 7.65. The molecule has 16 heavy (non-hydrogen) atoms. The van der Waals surface area contributed by atoms with Crippen molar-refractivity contribution >= 4 is 43.1 Å². The molecule has 2 rings (SSSR count). The van der Waals surface area contributed by atoms with Crippen molar-refractivity contribution in [3.8, 4) is 0 Å². The predicted molar refractivity (Wildman–Crippen MR) is 69.6 cm³/mol. The number of hydrogen-bond acceptors (Lipinski definition) is 5. The SMILES string of the molecule is Cc1nc(N)sc1N=Nc1ccc(Br)cc1. The lowest BCUT2D eigenvalue weighted by Gasteiger charge is -1.91. The molecule has 2 N–H and O–H groups in total. The monoisotopic (exact) mass is 296 g/mol. The van der Waals surface area contributed by atoms with Gasteiger partial charge in [-0.05, 0) is 31.2 Å². The van der Waals surface area contributed by atoms with E-state index in [0.717, 1.165) is 20.9 Å². The number of aromatic nitrogens is 1. The molecule has 0 bridgehead atoms. The lowest BCUT2D eigenvalue weighted by Crippen LogP contribution is -1.80. The third kappa shape index (κ3) is 2.65. The molecule has 0 atom stereocenters. The van der Waals surface area contributed by atoms with E-state index in [-0.39, 0.29) is 0 Å². The molecule has 0 aliphatic rings. The minimum absolute atomic E-state index is 0.516. The van der Waals surface area contributed by atoms with Crippen molar-refractivity contribution in [3.05, 3.63) is 34.4 Å². The zero-order valence-corrected chi connectivity index (χ0v) is 10.9. The number of nitrogen functional groups attached to an aromatic ring is 1. The van der Waals surface area contributed by atoms with Gasteiger partial charge in [0.25, 0.3) is 0 Å². The fraction of sp³-hybridized carbons (Fsp3) is 0.100. The van der Waals surface area contributed by atoms with Gasteiger partial charge in [-0.3, -0.25) is 0 Å². The second kappa shape index (κ2) is 4.71. The van der Waals surface area contributed by atoms with Gasteiger partial charge in [-0.15, -0.1) is 10.2 Å². The standard InChI is InChI=1S/C10H9BrN4S/c1-6-9(16-10(12)13-6)15-14-8-4-2-7(11)3-5-8/h2-5H,1H3,(H2,12,13). The van der Waals surface area contributed by atoms with Crippen molar-refractivity contribution in [2.45, 2.75) is 6.92 Å². The van der Waals surface area contributed by atoms with Gasteiger partial charge >= 0.3 is 0 Å². The predicted octanol–water partition coefficient (Wildman–Crippen LogP) is 4.21. The van der Waals surface area contributed by atoms with Gasteiger partial charge in [0.05, 0.1) is 11.4 Å². The molecule has 1 heterocycles. The molecule has 0 aliphatic heterocycles. The first-order valence-electron chi connectivity index (χ1n) is 4.55. The summed E-state index contributed by atoms with van der Waals surface area (Å²) in [5.41, 5.74) is 7.18. The van der Waals surface area contributed by atoms with Gasteiger partial charge in [0.15, 0.2) is 10.1 Å². The molecule has 1 aromatic heterocycles. The Balaban J connectivity index is 2.21. The van der Waals surface area contributed by atoms with Crippen molar-refractivity contribution in [1.29, 1.82) is 0 Å². The molecule has 0 saturated heterocycles. The largest absolute Gasteiger partial charge is 0.375 e. The maximum atomic E-state index is 5.57. The highest BCUT2D eigenvalue weighted by Crippen LogP contribution is 2.30. The van der Waals surface area contributed by atoms with Crippen LogP contribution in [0.2, 0.25) is 0 Å². The average molecular weight is 297 g/mol. The van der Waals surface area contributed by atoms with Crippen LogP contribution < -0.4 is 5.73 Å². The number of halogens is 1. The molecule has 1 aromatic carbocycles. The van der Waals surface area contributed by atoms with E-state index in [4.69, 9.17) is 5.73 Å². The highest BCUT2D eigenvalue weighted by molar-refractivity contribution is 9.10. The third-order valence-electron chi connectivity index (χ3n) is 1.87. The van der Waals surface area contributed by atoms with Gasteiger partial charge in [-0.2, -0.15) is 0 Å². The minimum Gasteiger partial charge on any atom is -0.375 e. The van der Waals surface area contributed by atoms with Crippen LogP contribution in [0.4, 0.5) is 15.8 Å². The zero-order chi connectivity index (χ0) is 11.5. The van der Waals surface area contributed by atoms with Crippen LogP contribution in [0.1, 0.15) is 5.69 Å². The summed E-state index contributed by atoms with van der Waals surface area (Å²) in [4.78, 5) is 4.07. The Morgan fingerprint density at radius 2 is 1.94 bits per heavy atom. The fourth-order valence-corrected chi connectivity index (χ4v) is 2.03. The number of thiazole rings is 1. The number of rotatable bonds is 2. The summed E-state index contributed by atoms with van der Waals surface area (Å²) in [6.45, 7) is 1.86. The molecule has 0 radical (unpaired) electrons. The average Bonchev–Trinajstić information content (AvgIpc) is 2.57. The van der Waals surface area contributed by atoms with E-state index in [9.17, 15) is 0 Å². The smallest absolute Gasteiger partial charge is 0.182 e. The van der Waals surface area contributed by atoms with Crippen LogP contribution >= 0.6 is 27.3 Å². The van der Waals surface area contributed by atoms with E-state index >= 15 is 0 Å². The van der Waals surface area contributed by atoms with Crippen molar-refractivity contribution < 1.29 is 0 Å². The molecule has 2 aromatic rings. The van der Waals surface area contributed by atoms with Crippen LogP contribution in [0.3, 0.4) is 0 Å². The molecule has 0 amide bonds. The molecule has 6 heteroatoms.